The van der Waals surface area contributed by atoms with E-state index in [2.05, 4.69) is 15.1 Å². The quantitative estimate of drug-likeness (QED) is 0.702. The smallest absolute Gasteiger partial charge is 0.175 e. The van der Waals surface area contributed by atoms with Crippen molar-refractivity contribution < 1.29 is 8.42 Å². The van der Waals surface area contributed by atoms with Crippen LogP contribution in [-0.4, -0.2) is 34.4 Å². The zero-order chi connectivity index (χ0) is 13.5. The second-order valence-electron chi connectivity index (χ2n) is 4.12. The summed E-state index contributed by atoms with van der Waals surface area (Å²) in [5.41, 5.74) is 1.43. The maximum Gasteiger partial charge on any atom is 0.175 e. The maximum atomic E-state index is 11.4. The normalized spacial score (nSPS) is 11.8. The van der Waals surface area contributed by atoms with Crippen LogP contribution in [0.1, 0.15) is 0 Å². The minimum Gasteiger partial charge on any atom is -0.244 e. The summed E-state index contributed by atoms with van der Waals surface area (Å²) in [6.07, 6.45) is 5.97. The van der Waals surface area contributed by atoms with Crippen LogP contribution in [0, 0.1) is 0 Å². The third kappa shape index (κ3) is 2.08. The van der Waals surface area contributed by atoms with Crippen LogP contribution in [-0.2, 0) is 9.84 Å². The topological polar surface area (TPSA) is 77.7 Å². The summed E-state index contributed by atoms with van der Waals surface area (Å²) in [6, 6.07) is 6.51. The van der Waals surface area contributed by atoms with Crippen LogP contribution in [0.2, 0.25) is 0 Å². The molecule has 96 valence electrons. The molecule has 0 aliphatic carbocycles. The first-order chi connectivity index (χ1) is 9.05. The molecule has 0 amide bonds. The molecular weight excluding hydrogens is 264 g/mol. The number of nitrogens with zero attached hydrogens (tertiary/aromatic N) is 4. The Balaban J connectivity index is 2.12. The third-order valence-corrected chi connectivity index (χ3v) is 3.87. The number of hydrogen-bond acceptors (Lipinski definition) is 5. The third-order valence-electron chi connectivity index (χ3n) is 2.74. The average Bonchev–Trinajstić information content (AvgIpc) is 2.82. The molecule has 19 heavy (non-hydrogen) atoms. The molecule has 0 aliphatic heterocycles. The summed E-state index contributed by atoms with van der Waals surface area (Å²) in [5.74, 6) is 0. The molecule has 3 rings (SSSR count). The van der Waals surface area contributed by atoms with E-state index in [0.717, 1.165) is 11.1 Å². The molecular formula is C12H10N4O2S. The van der Waals surface area contributed by atoms with Crippen molar-refractivity contribution in [1.82, 2.24) is 19.7 Å². The molecule has 3 aromatic rings. The summed E-state index contributed by atoms with van der Waals surface area (Å²) in [7, 11) is -3.19. The summed E-state index contributed by atoms with van der Waals surface area (Å²) in [4.78, 5) is 8.36. The number of fused-ring (bicyclic) bond motifs is 1. The SMILES string of the molecule is CS(=O)(=O)c1ccc(-n2ncc3cncnc32)cc1. The minimum atomic E-state index is -3.19. The number of sulfone groups is 1. The van der Waals surface area contributed by atoms with Crippen LogP contribution >= 0.6 is 0 Å². The Labute approximate surface area is 109 Å². The molecule has 7 heteroatoms. The fourth-order valence-electron chi connectivity index (χ4n) is 1.80. The summed E-state index contributed by atoms with van der Waals surface area (Å²) < 4.78 is 24.4. The molecule has 0 atom stereocenters. The van der Waals surface area contributed by atoms with Crippen molar-refractivity contribution in [2.24, 2.45) is 0 Å². The van der Waals surface area contributed by atoms with Crippen molar-refractivity contribution in [2.45, 2.75) is 4.90 Å². The number of hydrogen-bond donors (Lipinski definition) is 0. The van der Waals surface area contributed by atoms with Gasteiger partial charge < -0.3 is 0 Å². The Morgan fingerprint density at radius 2 is 1.84 bits per heavy atom. The minimum absolute atomic E-state index is 0.280. The molecule has 0 N–H and O–H groups in total. The molecule has 1 aromatic carbocycles. The van der Waals surface area contributed by atoms with E-state index in [9.17, 15) is 8.42 Å². The zero-order valence-corrected chi connectivity index (χ0v) is 10.9. The Kier molecular flexibility index (Phi) is 2.56. The lowest BCUT2D eigenvalue weighted by atomic mass is 10.3. The second kappa shape index (κ2) is 4.13. The lowest BCUT2D eigenvalue weighted by Crippen LogP contribution is -2.00. The van der Waals surface area contributed by atoms with Crippen molar-refractivity contribution in [2.75, 3.05) is 6.26 Å². The van der Waals surface area contributed by atoms with Gasteiger partial charge in [0.15, 0.2) is 15.5 Å². The van der Waals surface area contributed by atoms with E-state index in [1.165, 1.54) is 12.6 Å². The van der Waals surface area contributed by atoms with Gasteiger partial charge in [-0.25, -0.2) is 23.1 Å². The molecule has 0 fully saturated rings. The average molecular weight is 274 g/mol. The van der Waals surface area contributed by atoms with E-state index < -0.39 is 9.84 Å². The maximum absolute atomic E-state index is 11.4. The summed E-state index contributed by atoms with van der Waals surface area (Å²) in [6.45, 7) is 0. The number of rotatable bonds is 2. The molecule has 0 spiro atoms. The fraction of sp³-hybridized carbons (Fsp3) is 0.0833. The Hall–Kier alpha value is -2.28. The van der Waals surface area contributed by atoms with Crippen LogP contribution in [0.15, 0.2) is 47.9 Å². The van der Waals surface area contributed by atoms with Gasteiger partial charge in [0.05, 0.1) is 22.2 Å². The van der Waals surface area contributed by atoms with E-state index in [1.807, 2.05) is 0 Å². The van der Waals surface area contributed by atoms with Gasteiger partial charge in [-0.05, 0) is 24.3 Å². The molecule has 6 nitrogen and oxygen atoms in total. The van der Waals surface area contributed by atoms with Gasteiger partial charge >= 0.3 is 0 Å². The number of aromatic nitrogens is 4. The van der Waals surface area contributed by atoms with Crippen molar-refractivity contribution in [3.8, 4) is 5.69 Å². The lowest BCUT2D eigenvalue weighted by Gasteiger charge is -2.03. The van der Waals surface area contributed by atoms with Crippen LogP contribution in [0.5, 0.6) is 0 Å². The van der Waals surface area contributed by atoms with E-state index >= 15 is 0 Å². The predicted molar refractivity (Wildman–Crippen MR) is 69.8 cm³/mol. The molecule has 2 aromatic heterocycles. The largest absolute Gasteiger partial charge is 0.244 e. The molecule has 0 radical (unpaired) electrons. The molecule has 0 saturated carbocycles. The van der Waals surface area contributed by atoms with Crippen LogP contribution in [0.4, 0.5) is 0 Å². The number of benzene rings is 1. The van der Waals surface area contributed by atoms with E-state index in [0.29, 0.717) is 5.65 Å². The van der Waals surface area contributed by atoms with Crippen LogP contribution in [0.3, 0.4) is 0 Å². The first-order valence-electron chi connectivity index (χ1n) is 5.50. The van der Waals surface area contributed by atoms with Gasteiger partial charge in [0.25, 0.3) is 0 Å². The Bertz CT molecular complexity index is 838. The first-order valence-corrected chi connectivity index (χ1v) is 7.39. The standard InChI is InChI=1S/C12H10N4O2S/c1-19(17,18)11-4-2-10(3-5-11)16-12-9(7-15-16)6-13-8-14-12/h2-8H,1H3. The highest BCUT2D eigenvalue weighted by Gasteiger charge is 2.09. The van der Waals surface area contributed by atoms with Gasteiger partial charge in [0.1, 0.15) is 6.33 Å². The van der Waals surface area contributed by atoms with E-state index in [4.69, 9.17) is 0 Å². The molecule has 0 aliphatic rings. The van der Waals surface area contributed by atoms with Crippen molar-refractivity contribution in [3.05, 3.63) is 43.0 Å². The van der Waals surface area contributed by atoms with Gasteiger partial charge in [-0.3, -0.25) is 0 Å². The molecule has 2 heterocycles. The molecule has 0 unspecified atom stereocenters. The summed E-state index contributed by atoms with van der Waals surface area (Å²) >= 11 is 0. The van der Waals surface area contributed by atoms with E-state index in [1.54, 1.807) is 41.3 Å². The fourth-order valence-corrected chi connectivity index (χ4v) is 2.43. The molecule has 0 saturated heterocycles. The Morgan fingerprint density at radius 1 is 1.11 bits per heavy atom. The van der Waals surface area contributed by atoms with Crippen molar-refractivity contribution in [1.29, 1.82) is 0 Å². The van der Waals surface area contributed by atoms with Crippen molar-refractivity contribution in [3.63, 3.8) is 0 Å². The second-order valence-corrected chi connectivity index (χ2v) is 6.14. The Morgan fingerprint density at radius 3 is 2.53 bits per heavy atom. The zero-order valence-electron chi connectivity index (χ0n) is 10.1. The van der Waals surface area contributed by atoms with Crippen LogP contribution in [0.25, 0.3) is 16.7 Å². The van der Waals surface area contributed by atoms with Gasteiger partial charge in [-0.1, -0.05) is 0 Å². The highest BCUT2D eigenvalue weighted by Crippen LogP contribution is 2.17. The highest BCUT2D eigenvalue weighted by atomic mass is 32.2. The van der Waals surface area contributed by atoms with Crippen molar-refractivity contribution >= 4 is 20.9 Å². The monoisotopic (exact) mass is 274 g/mol. The van der Waals surface area contributed by atoms with Gasteiger partial charge in [-0.2, -0.15) is 5.10 Å². The highest BCUT2D eigenvalue weighted by molar-refractivity contribution is 7.90. The van der Waals surface area contributed by atoms with Gasteiger partial charge in [0, 0.05) is 12.5 Å². The van der Waals surface area contributed by atoms with Crippen LogP contribution < -0.4 is 0 Å². The van der Waals surface area contributed by atoms with E-state index in [-0.39, 0.29) is 4.90 Å². The molecule has 0 bridgehead atoms. The van der Waals surface area contributed by atoms with Gasteiger partial charge in [-0.15, -0.1) is 0 Å². The summed E-state index contributed by atoms with van der Waals surface area (Å²) in [5, 5.41) is 5.05. The first kappa shape index (κ1) is 11.8. The lowest BCUT2D eigenvalue weighted by molar-refractivity contribution is 0.602. The van der Waals surface area contributed by atoms with Gasteiger partial charge in [0.2, 0.25) is 0 Å². The predicted octanol–water partition coefficient (Wildman–Crippen LogP) is 1.22.